The van der Waals surface area contributed by atoms with Gasteiger partial charge in [0.1, 0.15) is 4.90 Å². The van der Waals surface area contributed by atoms with Gasteiger partial charge in [0.15, 0.2) is 0 Å². The first-order valence-electron chi connectivity index (χ1n) is 6.31. The molecule has 0 aliphatic rings. The molecule has 1 aromatic heterocycles. The molecule has 1 aromatic carbocycles. The van der Waals surface area contributed by atoms with E-state index in [2.05, 4.69) is 34.1 Å². The second-order valence-corrected chi connectivity index (χ2v) is 6.46. The molecule has 0 bridgehead atoms. The largest absolute Gasteiger partial charge is 0.310 e. The molecule has 6 nitrogen and oxygen atoms in total. The fourth-order valence-electron chi connectivity index (χ4n) is 1.67. The zero-order valence-electron chi connectivity index (χ0n) is 11.4. The van der Waals surface area contributed by atoms with Gasteiger partial charge in [0.2, 0.25) is 0 Å². The standard InChI is InChI=1S/C13H18N4O2S/c1-10(2)14-7-11-4-3-5-12(6-11)17-20(18,19)13-8-15-16-9-13/h3-6,8-10,14,17H,7H2,1-2H3,(H,15,16). The second-order valence-electron chi connectivity index (χ2n) is 4.78. The van der Waals surface area contributed by atoms with Crippen LogP contribution in [0.1, 0.15) is 19.4 Å². The summed E-state index contributed by atoms with van der Waals surface area (Å²) in [4.78, 5) is 0.114. The van der Waals surface area contributed by atoms with E-state index in [4.69, 9.17) is 0 Å². The Kier molecular flexibility index (Phi) is 4.41. The molecule has 0 aliphatic carbocycles. The van der Waals surface area contributed by atoms with Gasteiger partial charge in [-0.15, -0.1) is 0 Å². The monoisotopic (exact) mass is 294 g/mol. The summed E-state index contributed by atoms with van der Waals surface area (Å²) in [5, 5.41) is 9.42. The summed E-state index contributed by atoms with van der Waals surface area (Å²) in [5.41, 5.74) is 1.56. The third-order valence-corrected chi connectivity index (χ3v) is 4.03. The van der Waals surface area contributed by atoms with Crippen molar-refractivity contribution in [3.05, 3.63) is 42.2 Å². The number of benzene rings is 1. The summed E-state index contributed by atoms with van der Waals surface area (Å²) < 4.78 is 26.6. The SMILES string of the molecule is CC(C)NCc1cccc(NS(=O)(=O)c2cn[nH]c2)c1. The van der Waals surface area contributed by atoms with Crippen LogP contribution in [-0.4, -0.2) is 24.7 Å². The van der Waals surface area contributed by atoms with Crippen LogP contribution in [0.2, 0.25) is 0 Å². The van der Waals surface area contributed by atoms with Crippen LogP contribution < -0.4 is 10.0 Å². The van der Waals surface area contributed by atoms with Gasteiger partial charge in [-0.25, -0.2) is 8.42 Å². The van der Waals surface area contributed by atoms with Crippen LogP contribution in [0.15, 0.2) is 41.6 Å². The highest BCUT2D eigenvalue weighted by Crippen LogP contribution is 2.16. The van der Waals surface area contributed by atoms with Crippen molar-refractivity contribution in [3.63, 3.8) is 0 Å². The van der Waals surface area contributed by atoms with Crippen molar-refractivity contribution in [1.82, 2.24) is 15.5 Å². The van der Waals surface area contributed by atoms with Gasteiger partial charge < -0.3 is 5.32 Å². The van der Waals surface area contributed by atoms with Gasteiger partial charge in [0, 0.05) is 24.5 Å². The molecule has 0 unspecified atom stereocenters. The number of rotatable bonds is 6. The van der Waals surface area contributed by atoms with Crippen molar-refractivity contribution in [2.75, 3.05) is 4.72 Å². The maximum Gasteiger partial charge on any atom is 0.265 e. The quantitative estimate of drug-likeness (QED) is 0.757. The van der Waals surface area contributed by atoms with Crippen molar-refractivity contribution in [2.45, 2.75) is 31.3 Å². The van der Waals surface area contributed by atoms with E-state index in [-0.39, 0.29) is 4.90 Å². The van der Waals surface area contributed by atoms with Gasteiger partial charge in [-0.1, -0.05) is 26.0 Å². The van der Waals surface area contributed by atoms with E-state index in [0.29, 0.717) is 18.3 Å². The Bertz CT molecular complexity index is 651. The first kappa shape index (κ1) is 14.5. The van der Waals surface area contributed by atoms with Crippen LogP contribution in [-0.2, 0) is 16.6 Å². The van der Waals surface area contributed by atoms with Crippen LogP contribution in [0.3, 0.4) is 0 Å². The Morgan fingerprint density at radius 2 is 2.15 bits per heavy atom. The lowest BCUT2D eigenvalue weighted by Crippen LogP contribution is -2.21. The maximum absolute atomic E-state index is 12.1. The summed E-state index contributed by atoms with van der Waals surface area (Å²) in [5.74, 6) is 0. The van der Waals surface area contributed by atoms with E-state index in [1.165, 1.54) is 12.4 Å². The first-order valence-corrected chi connectivity index (χ1v) is 7.79. The lowest BCUT2D eigenvalue weighted by Gasteiger charge is -2.10. The second kappa shape index (κ2) is 6.06. The Morgan fingerprint density at radius 1 is 1.35 bits per heavy atom. The predicted octanol–water partition coefficient (Wildman–Crippen LogP) is 1.71. The molecule has 0 radical (unpaired) electrons. The predicted molar refractivity (Wildman–Crippen MR) is 77.8 cm³/mol. The minimum Gasteiger partial charge on any atom is -0.310 e. The highest BCUT2D eigenvalue weighted by molar-refractivity contribution is 7.92. The van der Waals surface area contributed by atoms with Crippen LogP contribution in [0.4, 0.5) is 5.69 Å². The van der Waals surface area contributed by atoms with E-state index < -0.39 is 10.0 Å². The fraction of sp³-hybridized carbons (Fsp3) is 0.308. The molecular weight excluding hydrogens is 276 g/mol. The van der Waals surface area contributed by atoms with E-state index >= 15 is 0 Å². The highest BCUT2D eigenvalue weighted by atomic mass is 32.2. The van der Waals surface area contributed by atoms with Gasteiger partial charge >= 0.3 is 0 Å². The molecule has 0 aliphatic heterocycles. The van der Waals surface area contributed by atoms with Gasteiger partial charge in [0.05, 0.1) is 6.20 Å². The van der Waals surface area contributed by atoms with Crippen LogP contribution in [0.25, 0.3) is 0 Å². The Labute approximate surface area is 118 Å². The molecule has 0 saturated heterocycles. The van der Waals surface area contributed by atoms with Crippen LogP contribution in [0.5, 0.6) is 0 Å². The topological polar surface area (TPSA) is 86.9 Å². The van der Waals surface area contributed by atoms with Gasteiger partial charge in [-0.05, 0) is 17.7 Å². The normalized spacial score (nSPS) is 11.8. The van der Waals surface area contributed by atoms with Crippen molar-refractivity contribution in [3.8, 4) is 0 Å². The first-order chi connectivity index (χ1) is 9.47. The van der Waals surface area contributed by atoms with Crippen LogP contribution in [0, 0.1) is 0 Å². The Balaban J connectivity index is 2.12. The van der Waals surface area contributed by atoms with Crippen molar-refractivity contribution in [2.24, 2.45) is 0 Å². The molecule has 3 N–H and O–H groups in total. The van der Waals surface area contributed by atoms with Gasteiger partial charge in [-0.3, -0.25) is 9.82 Å². The molecule has 20 heavy (non-hydrogen) atoms. The molecule has 0 amide bonds. The number of hydrogen-bond donors (Lipinski definition) is 3. The van der Waals surface area contributed by atoms with Crippen molar-refractivity contribution in [1.29, 1.82) is 0 Å². The fourth-order valence-corrected chi connectivity index (χ4v) is 2.62. The van der Waals surface area contributed by atoms with Crippen molar-refractivity contribution < 1.29 is 8.42 Å². The van der Waals surface area contributed by atoms with Gasteiger partial charge in [-0.2, -0.15) is 5.10 Å². The molecule has 0 spiro atoms. The lowest BCUT2D eigenvalue weighted by atomic mass is 10.2. The Hall–Kier alpha value is -1.86. The molecule has 1 heterocycles. The van der Waals surface area contributed by atoms with Crippen LogP contribution >= 0.6 is 0 Å². The summed E-state index contributed by atoms with van der Waals surface area (Å²) in [6, 6.07) is 7.68. The number of H-pyrrole nitrogens is 1. The molecule has 7 heteroatoms. The van der Waals surface area contributed by atoms with Gasteiger partial charge in [0.25, 0.3) is 10.0 Å². The van der Waals surface area contributed by atoms with E-state index in [1.807, 2.05) is 18.2 Å². The Morgan fingerprint density at radius 3 is 2.80 bits per heavy atom. The zero-order chi connectivity index (χ0) is 14.6. The minimum atomic E-state index is -3.58. The highest BCUT2D eigenvalue weighted by Gasteiger charge is 2.15. The van der Waals surface area contributed by atoms with Crippen molar-refractivity contribution >= 4 is 15.7 Å². The third kappa shape index (κ3) is 3.82. The molecule has 2 rings (SSSR count). The smallest absolute Gasteiger partial charge is 0.265 e. The van der Waals surface area contributed by atoms with E-state index in [0.717, 1.165) is 5.56 Å². The molecule has 0 atom stereocenters. The average molecular weight is 294 g/mol. The lowest BCUT2D eigenvalue weighted by molar-refractivity contribution is 0.589. The number of sulfonamides is 1. The summed E-state index contributed by atoms with van der Waals surface area (Å²) >= 11 is 0. The molecule has 2 aromatic rings. The number of aromatic amines is 1. The summed E-state index contributed by atoms with van der Waals surface area (Å²) in [6.45, 7) is 4.82. The third-order valence-electron chi connectivity index (χ3n) is 2.68. The number of anilines is 1. The summed E-state index contributed by atoms with van der Waals surface area (Å²) in [7, 11) is -3.58. The number of nitrogens with one attached hydrogen (secondary N) is 3. The minimum absolute atomic E-state index is 0.114. The van der Waals surface area contributed by atoms with E-state index in [1.54, 1.807) is 6.07 Å². The summed E-state index contributed by atoms with van der Waals surface area (Å²) in [6.07, 6.45) is 2.61. The number of hydrogen-bond acceptors (Lipinski definition) is 4. The number of aromatic nitrogens is 2. The zero-order valence-corrected chi connectivity index (χ0v) is 12.2. The molecule has 0 fully saturated rings. The molecular formula is C13H18N4O2S. The maximum atomic E-state index is 12.1. The molecule has 108 valence electrons. The average Bonchev–Trinajstić information content (AvgIpc) is 2.91. The molecule has 0 saturated carbocycles. The number of nitrogens with zero attached hydrogens (tertiary/aromatic N) is 1. The van der Waals surface area contributed by atoms with E-state index in [9.17, 15) is 8.42 Å².